The number of rotatable bonds is 23. The molecule has 0 unspecified atom stereocenters. The van der Waals surface area contributed by atoms with Crippen LogP contribution in [0.15, 0.2) is 0 Å². The van der Waals surface area contributed by atoms with Gasteiger partial charge in [-0.2, -0.15) is 0 Å². The minimum atomic E-state index is -0.193. The third-order valence-electron chi connectivity index (χ3n) is 5.59. The third-order valence-corrected chi connectivity index (χ3v) is 5.59. The van der Waals surface area contributed by atoms with Crippen molar-refractivity contribution in [3.63, 3.8) is 0 Å². The van der Waals surface area contributed by atoms with Crippen molar-refractivity contribution >= 4 is 5.97 Å². The molecule has 0 aromatic rings. The molecule has 0 spiro atoms. The van der Waals surface area contributed by atoms with Crippen molar-refractivity contribution in [2.24, 2.45) is 5.92 Å². The van der Waals surface area contributed by atoms with E-state index in [1.807, 2.05) is 0 Å². The molecule has 0 rings (SSSR count). The van der Waals surface area contributed by atoms with E-state index in [0.717, 1.165) is 19.4 Å². The highest BCUT2D eigenvalue weighted by molar-refractivity contribution is 5.69. The van der Waals surface area contributed by atoms with Gasteiger partial charge in [-0.25, -0.2) is 0 Å². The minimum Gasteiger partial charge on any atom is -0.463 e. The van der Waals surface area contributed by atoms with Crippen LogP contribution in [0, 0.1) is 5.92 Å². The highest BCUT2D eigenvalue weighted by atomic mass is 16.6. The van der Waals surface area contributed by atoms with Crippen LogP contribution in [0.5, 0.6) is 0 Å². The van der Waals surface area contributed by atoms with Gasteiger partial charge >= 0.3 is 5.97 Å². The Balaban J connectivity index is 3.26. The lowest BCUT2D eigenvalue weighted by Crippen LogP contribution is -2.23. The van der Waals surface area contributed by atoms with Crippen molar-refractivity contribution in [3.05, 3.63) is 0 Å². The SMILES string of the molecule is CCCCCCCCCCCCCCCCOCCC(=O)OC[C@H](CC(C)C)OC. The Morgan fingerprint density at radius 3 is 1.70 bits per heavy atom. The predicted octanol–water partition coefficient (Wildman–Crippen LogP) is 7.48. The van der Waals surface area contributed by atoms with Crippen molar-refractivity contribution in [1.29, 1.82) is 0 Å². The van der Waals surface area contributed by atoms with Gasteiger partial charge in [-0.3, -0.25) is 4.79 Å². The van der Waals surface area contributed by atoms with E-state index >= 15 is 0 Å². The summed E-state index contributed by atoms with van der Waals surface area (Å²) < 4.78 is 16.2. The van der Waals surface area contributed by atoms with Crippen LogP contribution >= 0.6 is 0 Å². The van der Waals surface area contributed by atoms with Crippen LogP contribution in [0.25, 0.3) is 0 Å². The zero-order chi connectivity index (χ0) is 22.3. The molecule has 180 valence electrons. The van der Waals surface area contributed by atoms with E-state index in [0.29, 0.717) is 25.6 Å². The number of carbonyl (C=O) groups excluding carboxylic acids is 1. The number of ether oxygens (including phenoxy) is 3. The van der Waals surface area contributed by atoms with Crippen molar-refractivity contribution in [2.45, 2.75) is 130 Å². The first-order valence-electron chi connectivity index (χ1n) is 12.9. The van der Waals surface area contributed by atoms with E-state index < -0.39 is 0 Å². The molecule has 0 saturated heterocycles. The molecule has 0 fully saturated rings. The van der Waals surface area contributed by atoms with Crippen LogP contribution < -0.4 is 0 Å². The molecule has 0 aliphatic carbocycles. The van der Waals surface area contributed by atoms with Crippen molar-refractivity contribution in [1.82, 2.24) is 0 Å². The summed E-state index contributed by atoms with van der Waals surface area (Å²) in [6.45, 7) is 8.10. The van der Waals surface area contributed by atoms with E-state index in [4.69, 9.17) is 14.2 Å². The lowest BCUT2D eigenvalue weighted by atomic mass is 10.0. The normalized spacial score (nSPS) is 12.4. The predicted molar refractivity (Wildman–Crippen MR) is 127 cm³/mol. The molecule has 0 aromatic carbocycles. The van der Waals surface area contributed by atoms with E-state index in [-0.39, 0.29) is 12.1 Å². The second kappa shape index (κ2) is 23.1. The Hall–Kier alpha value is -0.610. The third kappa shape index (κ3) is 22.1. The summed E-state index contributed by atoms with van der Waals surface area (Å²) in [5.41, 5.74) is 0. The van der Waals surface area contributed by atoms with Gasteiger partial charge in [0.15, 0.2) is 0 Å². The molecule has 0 bridgehead atoms. The largest absolute Gasteiger partial charge is 0.463 e. The highest BCUT2D eigenvalue weighted by Crippen LogP contribution is 2.13. The molecular weight excluding hydrogens is 376 g/mol. The van der Waals surface area contributed by atoms with Gasteiger partial charge in [0, 0.05) is 13.7 Å². The first kappa shape index (κ1) is 29.4. The number of methoxy groups -OCH3 is 1. The molecule has 0 N–H and O–H groups in total. The van der Waals surface area contributed by atoms with Crippen molar-refractivity contribution < 1.29 is 19.0 Å². The van der Waals surface area contributed by atoms with Crippen LogP contribution in [0.1, 0.15) is 124 Å². The topological polar surface area (TPSA) is 44.8 Å². The first-order chi connectivity index (χ1) is 14.6. The zero-order valence-corrected chi connectivity index (χ0v) is 20.7. The number of carbonyl (C=O) groups is 1. The van der Waals surface area contributed by atoms with Crippen LogP contribution in [-0.4, -0.2) is 39.0 Å². The molecule has 0 aliphatic heterocycles. The maximum absolute atomic E-state index is 11.8. The van der Waals surface area contributed by atoms with E-state index in [1.54, 1.807) is 7.11 Å². The average molecular weight is 429 g/mol. The fourth-order valence-corrected chi connectivity index (χ4v) is 3.67. The average Bonchev–Trinajstić information content (AvgIpc) is 2.73. The molecule has 0 aromatic heterocycles. The standard InChI is InChI=1S/C26H52O4/c1-5-6-7-8-9-10-11-12-13-14-15-16-17-18-20-29-21-19-26(27)30-23-25(28-4)22-24(2)3/h24-25H,5-23H2,1-4H3/t25-/m0/s1. The minimum absolute atomic E-state index is 0.00887. The molecular formula is C26H52O4. The summed E-state index contributed by atoms with van der Waals surface area (Å²) in [6, 6.07) is 0. The maximum Gasteiger partial charge on any atom is 0.308 e. The summed E-state index contributed by atoms with van der Waals surface area (Å²) >= 11 is 0. The molecule has 0 radical (unpaired) electrons. The van der Waals surface area contributed by atoms with Gasteiger partial charge in [0.2, 0.25) is 0 Å². The molecule has 4 nitrogen and oxygen atoms in total. The van der Waals surface area contributed by atoms with Crippen molar-refractivity contribution in [2.75, 3.05) is 26.9 Å². The Labute approximate surface area is 187 Å². The van der Waals surface area contributed by atoms with Crippen LogP contribution in [0.3, 0.4) is 0 Å². The summed E-state index contributed by atoms with van der Waals surface area (Å²) in [7, 11) is 1.67. The first-order valence-corrected chi connectivity index (χ1v) is 12.9. The summed E-state index contributed by atoms with van der Waals surface area (Å²) in [4.78, 5) is 11.8. The van der Waals surface area contributed by atoms with Gasteiger partial charge in [0.25, 0.3) is 0 Å². The molecule has 1 atom stereocenters. The number of unbranched alkanes of at least 4 members (excludes halogenated alkanes) is 13. The summed E-state index contributed by atoms with van der Waals surface area (Å²) in [5.74, 6) is 0.337. The van der Waals surface area contributed by atoms with Gasteiger partial charge in [0.05, 0.1) is 19.1 Å². The lowest BCUT2D eigenvalue weighted by Gasteiger charge is -2.17. The smallest absolute Gasteiger partial charge is 0.308 e. The quantitative estimate of drug-likeness (QED) is 0.125. The van der Waals surface area contributed by atoms with E-state index in [2.05, 4.69) is 20.8 Å². The van der Waals surface area contributed by atoms with Gasteiger partial charge in [-0.15, -0.1) is 0 Å². The molecule has 4 heteroatoms. The second-order valence-electron chi connectivity index (χ2n) is 9.13. The molecule has 0 heterocycles. The highest BCUT2D eigenvalue weighted by Gasteiger charge is 2.12. The van der Waals surface area contributed by atoms with Gasteiger partial charge in [-0.1, -0.05) is 104 Å². The van der Waals surface area contributed by atoms with Crippen LogP contribution in [0.4, 0.5) is 0 Å². The molecule has 30 heavy (non-hydrogen) atoms. The number of hydrogen-bond donors (Lipinski definition) is 0. The van der Waals surface area contributed by atoms with Crippen LogP contribution in [-0.2, 0) is 19.0 Å². The zero-order valence-electron chi connectivity index (χ0n) is 20.7. The van der Waals surface area contributed by atoms with E-state index in [1.165, 1.54) is 83.5 Å². The Bertz CT molecular complexity index is 357. The van der Waals surface area contributed by atoms with Gasteiger partial charge < -0.3 is 14.2 Å². The molecule has 0 saturated carbocycles. The summed E-state index contributed by atoms with van der Waals surface area (Å²) in [6.07, 6.45) is 20.3. The van der Waals surface area contributed by atoms with Crippen LogP contribution in [0.2, 0.25) is 0 Å². The Morgan fingerprint density at radius 1 is 0.733 bits per heavy atom. The molecule has 0 amide bonds. The number of hydrogen-bond acceptors (Lipinski definition) is 4. The Kier molecular flexibility index (Phi) is 22.6. The Morgan fingerprint density at radius 2 is 1.23 bits per heavy atom. The van der Waals surface area contributed by atoms with Gasteiger partial charge in [-0.05, 0) is 18.8 Å². The molecule has 0 aliphatic rings. The second-order valence-corrected chi connectivity index (χ2v) is 9.13. The maximum atomic E-state index is 11.8. The lowest BCUT2D eigenvalue weighted by molar-refractivity contribution is -0.148. The fraction of sp³-hybridized carbons (Fsp3) is 0.962. The fourth-order valence-electron chi connectivity index (χ4n) is 3.67. The van der Waals surface area contributed by atoms with Gasteiger partial charge in [0.1, 0.15) is 6.61 Å². The number of esters is 1. The van der Waals surface area contributed by atoms with E-state index in [9.17, 15) is 4.79 Å². The monoisotopic (exact) mass is 428 g/mol. The van der Waals surface area contributed by atoms with Crippen molar-refractivity contribution in [3.8, 4) is 0 Å². The summed E-state index contributed by atoms with van der Waals surface area (Å²) in [5, 5.41) is 0.